The molecule has 0 saturated carbocycles. The van der Waals surface area contributed by atoms with Crippen LogP contribution >= 0.6 is 11.6 Å². The first-order valence-corrected chi connectivity index (χ1v) is 5.98. The molecule has 0 radical (unpaired) electrons. The van der Waals surface area contributed by atoms with Gasteiger partial charge in [-0.1, -0.05) is 0 Å². The fourth-order valence-corrected chi connectivity index (χ4v) is 2.18. The number of hydrogen-bond acceptors (Lipinski definition) is 2. The van der Waals surface area contributed by atoms with E-state index >= 15 is 0 Å². The smallest absolute Gasteiger partial charge is 0.212 e. The van der Waals surface area contributed by atoms with Crippen molar-refractivity contribution in [3.05, 3.63) is 0 Å². The van der Waals surface area contributed by atoms with Crippen LogP contribution in [-0.2, 0) is 10.0 Å². The predicted molar refractivity (Wildman–Crippen MR) is 47.8 cm³/mol. The number of sulfonamides is 1. The van der Waals surface area contributed by atoms with Gasteiger partial charge in [-0.15, -0.1) is 11.6 Å². The molecule has 0 unspecified atom stereocenters. The minimum Gasteiger partial charge on any atom is -0.212 e. The molecule has 0 saturated heterocycles. The van der Waals surface area contributed by atoms with Crippen LogP contribution in [0.3, 0.4) is 0 Å². The van der Waals surface area contributed by atoms with E-state index in [1.165, 1.54) is 6.92 Å². The van der Waals surface area contributed by atoms with Gasteiger partial charge >= 0.3 is 6.18 Å². The molecular formula is C6H11ClF3NO2S. The van der Waals surface area contributed by atoms with Crippen LogP contribution in [-0.4, -0.2) is 43.6 Å². The van der Waals surface area contributed by atoms with Crippen molar-refractivity contribution in [1.29, 1.82) is 0 Å². The van der Waals surface area contributed by atoms with Gasteiger partial charge in [-0.25, -0.2) is 8.42 Å². The van der Waals surface area contributed by atoms with Gasteiger partial charge in [0.25, 0.3) is 0 Å². The molecule has 86 valence electrons. The third-order valence-electron chi connectivity index (χ3n) is 1.45. The molecule has 0 amide bonds. The second-order valence-electron chi connectivity index (χ2n) is 2.54. The zero-order valence-corrected chi connectivity index (χ0v) is 9.08. The second-order valence-corrected chi connectivity index (χ2v) is 5.17. The van der Waals surface area contributed by atoms with Crippen LogP contribution in [0.25, 0.3) is 0 Å². The van der Waals surface area contributed by atoms with E-state index in [0.717, 1.165) is 0 Å². The van der Waals surface area contributed by atoms with Crippen molar-refractivity contribution in [2.24, 2.45) is 0 Å². The number of alkyl halides is 4. The Bertz CT molecular complexity index is 265. The maximum Gasteiger partial charge on any atom is 0.402 e. The first-order valence-electron chi connectivity index (χ1n) is 3.83. The Morgan fingerprint density at radius 1 is 1.36 bits per heavy atom. The fraction of sp³-hybridized carbons (Fsp3) is 1.00. The topological polar surface area (TPSA) is 37.4 Å². The molecule has 0 N–H and O–H groups in total. The van der Waals surface area contributed by atoms with E-state index in [-0.39, 0.29) is 18.2 Å². The lowest BCUT2D eigenvalue weighted by Gasteiger charge is -2.21. The van der Waals surface area contributed by atoms with Gasteiger partial charge in [-0.3, -0.25) is 0 Å². The van der Waals surface area contributed by atoms with Crippen molar-refractivity contribution in [2.75, 3.05) is 24.7 Å². The first kappa shape index (κ1) is 14.0. The van der Waals surface area contributed by atoms with Crippen LogP contribution in [0.1, 0.15) is 6.92 Å². The molecule has 0 heterocycles. The van der Waals surface area contributed by atoms with E-state index in [2.05, 4.69) is 0 Å². The van der Waals surface area contributed by atoms with Crippen molar-refractivity contribution in [3.63, 3.8) is 0 Å². The summed E-state index contributed by atoms with van der Waals surface area (Å²) in [5.74, 6) is -0.519. The molecule has 0 aliphatic heterocycles. The number of nitrogens with zero attached hydrogens (tertiary/aromatic N) is 1. The average molecular weight is 254 g/mol. The highest BCUT2D eigenvalue weighted by molar-refractivity contribution is 7.89. The molecule has 8 heteroatoms. The molecule has 0 atom stereocenters. The Morgan fingerprint density at radius 3 is 2.14 bits per heavy atom. The lowest BCUT2D eigenvalue weighted by molar-refractivity contribution is -0.135. The average Bonchev–Trinajstić information content (AvgIpc) is 2.01. The SMILES string of the molecule is CCS(=O)(=O)N(CCCl)CC(F)(F)F. The van der Waals surface area contributed by atoms with Crippen LogP contribution in [0.2, 0.25) is 0 Å². The normalized spacial score (nSPS) is 13.6. The van der Waals surface area contributed by atoms with Crippen LogP contribution in [0, 0.1) is 0 Å². The Kier molecular flexibility index (Phi) is 5.17. The van der Waals surface area contributed by atoms with Gasteiger partial charge in [0.15, 0.2) is 0 Å². The molecule has 0 spiro atoms. The maximum atomic E-state index is 11.9. The molecule has 0 aromatic rings. The van der Waals surface area contributed by atoms with E-state index in [0.29, 0.717) is 4.31 Å². The van der Waals surface area contributed by atoms with Crippen LogP contribution in [0.5, 0.6) is 0 Å². The van der Waals surface area contributed by atoms with Gasteiger partial charge in [0, 0.05) is 12.4 Å². The monoisotopic (exact) mass is 253 g/mol. The summed E-state index contributed by atoms with van der Waals surface area (Å²) in [7, 11) is -3.83. The second kappa shape index (κ2) is 5.18. The van der Waals surface area contributed by atoms with Gasteiger partial charge in [0.1, 0.15) is 6.54 Å². The van der Waals surface area contributed by atoms with Crippen LogP contribution in [0.15, 0.2) is 0 Å². The Balaban J connectivity index is 4.62. The highest BCUT2D eigenvalue weighted by atomic mass is 35.5. The molecule has 0 fully saturated rings. The molecule has 14 heavy (non-hydrogen) atoms. The zero-order chi connectivity index (χ0) is 11.4. The van der Waals surface area contributed by atoms with Gasteiger partial charge < -0.3 is 0 Å². The third-order valence-corrected chi connectivity index (χ3v) is 3.44. The molecule has 3 nitrogen and oxygen atoms in total. The quantitative estimate of drug-likeness (QED) is 0.696. The summed E-state index contributed by atoms with van der Waals surface area (Å²) < 4.78 is 58.5. The summed E-state index contributed by atoms with van der Waals surface area (Å²) in [5, 5.41) is 0. The summed E-state index contributed by atoms with van der Waals surface area (Å²) >= 11 is 5.21. The summed E-state index contributed by atoms with van der Waals surface area (Å²) in [6.45, 7) is -0.514. The van der Waals surface area contributed by atoms with Crippen molar-refractivity contribution < 1.29 is 21.6 Å². The van der Waals surface area contributed by atoms with Crippen molar-refractivity contribution >= 4 is 21.6 Å². The summed E-state index contributed by atoms with van der Waals surface area (Å²) in [4.78, 5) is 0. The summed E-state index contributed by atoms with van der Waals surface area (Å²) in [6.07, 6.45) is -4.53. The summed E-state index contributed by atoms with van der Waals surface area (Å²) in [6, 6.07) is 0. The van der Waals surface area contributed by atoms with E-state index in [4.69, 9.17) is 11.6 Å². The van der Waals surface area contributed by atoms with Gasteiger partial charge in [-0.05, 0) is 6.92 Å². The first-order chi connectivity index (χ1) is 6.23. The van der Waals surface area contributed by atoms with Gasteiger partial charge in [0.05, 0.1) is 5.75 Å². The highest BCUT2D eigenvalue weighted by Gasteiger charge is 2.35. The van der Waals surface area contributed by atoms with E-state index in [1.807, 2.05) is 0 Å². The molecule has 0 rings (SSSR count). The van der Waals surface area contributed by atoms with Crippen molar-refractivity contribution in [3.8, 4) is 0 Å². The Labute approximate surface area is 85.9 Å². The van der Waals surface area contributed by atoms with Gasteiger partial charge in [-0.2, -0.15) is 17.5 Å². The number of hydrogen-bond donors (Lipinski definition) is 0. The highest BCUT2D eigenvalue weighted by Crippen LogP contribution is 2.18. The zero-order valence-electron chi connectivity index (χ0n) is 7.51. The maximum absolute atomic E-state index is 11.9. The minimum atomic E-state index is -4.53. The van der Waals surface area contributed by atoms with Crippen molar-refractivity contribution in [1.82, 2.24) is 4.31 Å². The molecule has 0 aromatic carbocycles. The lowest BCUT2D eigenvalue weighted by atomic mass is 10.6. The van der Waals surface area contributed by atoms with E-state index in [1.54, 1.807) is 0 Å². The predicted octanol–water partition coefficient (Wildman–Crippen LogP) is 1.44. The Hall–Kier alpha value is -0.0100. The molecule has 0 bridgehead atoms. The van der Waals surface area contributed by atoms with Crippen molar-refractivity contribution in [2.45, 2.75) is 13.1 Å². The number of halogens is 4. The number of rotatable bonds is 5. The molecular weight excluding hydrogens is 243 g/mol. The van der Waals surface area contributed by atoms with E-state index < -0.39 is 22.7 Å². The molecule has 0 aromatic heterocycles. The van der Waals surface area contributed by atoms with Gasteiger partial charge in [0.2, 0.25) is 10.0 Å². The van der Waals surface area contributed by atoms with Crippen LogP contribution < -0.4 is 0 Å². The molecule has 0 aliphatic carbocycles. The van der Waals surface area contributed by atoms with Crippen LogP contribution in [0.4, 0.5) is 13.2 Å². The largest absolute Gasteiger partial charge is 0.402 e. The fourth-order valence-electron chi connectivity index (χ4n) is 0.793. The minimum absolute atomic E-state index is 0.157. The van der Waals surface area contributed by atoms with E-state index in [9.17, 15) is 21.6 Å². The molecule has 0 aliphatic rings. The third kappa shape index (κ3) is 5.02. The summed E-state index contributed by atoms with van der Waals surface area (Å²) in [5.41, 5.74) is 0. The Morgan fingerprint density at radius 2 is 1.86 bits per heavy atom. The lowest BCUT2D eigenvalue weighted by Crippen LogP contribution is -2.40. The standard InChI is InChI=1S/C6H11ClF3NO2S/c1-2-14(12,13)11(4-3-7)5-6(8,9)10/h2-5H2,1H3.